The SMILES string of the molecule is Cc1cc(C)c(-c2csc(NC(=O)Cn3cc([N+](=O)[O-])ccc3=O)n2)cc1C. The number of amides is 1. The van der Waals surface area contributed by atoms with Crippen LogP contribution in [0.2, 0.25) is 0 Å². The lowest BCUT2D eigenvalue weighted by Gasteiger charge is -2.07. The molecule has 0 saturated carbocycles. The number of carbonyl (C=O) groups excluding carboxylic acids is 1. The highest BCUT2D eigenvalue weighted by Gasteiger charge is 2.13. The third-order valence-electron chi connectivity index (χ3n) is 4.36. The Kier molecular flexibility index (Phi) is 5.36. The molecule has 0 aliphatic carbocycles. The van der Waals surface area contributed by atoms with Crippen LogP contribution in [-0.2, 0) is 11.3 Å². The molecule has 9 heteroatoms. The van der Waals surface area contributed by atoms with E-state index in [0.29, 0.717) is 5.13 Å². The van der Waals surface area contributed by atoms with E-state index in [-0.39, 0.29) is 12.2 Å². The number of hydrogen-bond acceptors (Lipinski definition) is 6. The monoisotopic (exact) mass is 398 g/mol. The van der Waals surface area contributed by atoms with Gasteiger partial charge in [-0.25, -0.2) is 4.98 Å². The highest BCUT2D eigenvalue weighted by Crippen LogP contribution is 2.29. The van der Waals surface area contributed by atoms with Crippen molar-refractivity contribution in [3.05, 3.63) is 73.0 Å². The number of thiazole rings is 1. The van der Waals surface area contributed by atoms with Crippen molar-refractivity contribution in [3.63, 3.8) is 0 Å². The van der Waals surface area contributed by atoms with Crippen LogP contribution in [0, 0.1) is 30.9 Å². The van der Waals surface area contributed by atoms with E-state index in [1.165, 1.54) is 16.9 Å². The van der Waals surface area contributed by atoms with E-state index in [9.17, 15) is 19.7 Å². The molecule has 2 heterocycles. The molecule has 2 aromatic heterocycles. The van der Waals surface area contributed by atoms with E-state index in [1.54, 1.807) is 0 Å². The van der Waals surface area contributed by atoms with E-state index >= 15 is 0 Å². The van der Waals surface area contributed by atoms with Gasteiger partial charge < -0.3 is 5.32 Å². The molecule has 3 rings (SSSR count). The van der Waals surface area contributed by atoms with Crippen LogP contribution in [0.15, 0.2) is 40.6 Å². The minimum atomic E-state index is -0.618. The summed E-state index contributed by atoms with van der Waals surface area (Å²) in [6.45, 7) is 5.75. The van der Waals surface area contributed by atoms with Gasteiger partial charge in [0.05, 0.1) is 16.8 Å². The molecule has 3 aromatic rings. The van der Waals surface area contributed by atoms with Crippen molar-refractivity contribution in [2.75, 3.05) is 5.32 Å². The molecule has 1 aromatic carbocycles. The summed E-state index contributed by atoms with van der Waals surface area (Å²) in [4.78, 5) is 38.7. The lowest BCUT2D eigenvalue weighted by Crippen LogP contribution is -2.26. The van der Waals surface area contributed by atoms with Gasteiger partial charge in [0.1, 0.15) is 6.54 Å². The topological polar surface area (TPSA) is 107 Å². The molecule has 0 saturated heterocycles. The van der Waals surface area contributed by atoms with Crippen LogP contribution in [0.25, 0.3) is 11.3 Å². The first-order valence-electron chi connectivity index (χ1n) is 8.43. The third-order valence-corrected chi connectivity index (χ3v) is 5.12. The van der Waals surface area contributed by atoms with E-state index in [2.05, 4.69) is 29.4 Å². The highest BCUT2D eigenvalue weighted by atomic mass is 32.1. The number of nitrogens with zero attached hydrogens (tertiary/aromatic N) is 3. The smallest absolute Gasteiger partial charge is 0.285 e. The number of pyridine rings is 1. The second kappa shape index (κ2) is 7.73. The molecule has 1 amide bonds. The summed E-state index contributed by atoms with van der Waals surface area (Å²) in [5.74, 6) is -0.486. The zero-order valence-electron chi connectivity index (χ0n) is 15.6. The Bertz CT molecular complexity index is 1130. The minimum Gasteiger partial charge on any atom is -0.300 e. The van der Waals surface area contributed by atoms with Gasteiger partial charge in [0, 0.05) is 23.1 Å². The van der Waals surface area contributed by atoms with Crippen molar-refractivity contribution >= 4 is 28.1 Å². The molecule has 8 nitrogen and oxygen atoms in total. The molecule has 1 N–H and O–H groups in total. The molecule has 0 aliphatic rings. The molecule has 28 heavy (non-hydrogen) atoms. The molecular weight excluding hydrogens is 380 g/mol. The number of benzene rings is 1. The maximum atomic E-state index is 12.3. The molecule has 0 unspecified atom stereocenters. The van der Waals surface area contributed by atoms with Crippen LogP contribution < -0.4 is 10.9 Å². The molecule has 144 valence electrons. The average molecular weight is 398 g/mol. The van der Waals surface area contributed by atoms with Gasteiger partial charge in [0.25, 0.3) is 11.2 Å². The first-order valence-corrected chi connectivity index (χ1v) is 9.31. The largest absolute Gasteiger partial charge is 0.300 e. The van der Waals surface area contributed by atoms with E-state index in [0.717, 1.165) is 45.3 Å². The third kappa shape index (κ3) is 4.15. The van der Waals surface area contributed by atoms with Crippen LogP contribution in [-0.4, -0.2) is 20.4 Å². The number of carbonyl (C=O) groups is 1. The van der Waals surface area contributed by atoms with E-state index in [4.69, 9.17) is 0 Å². The van der Waals surface area contributed by atoms with Gasteiger partial charge in [-0.15, -0.1) is 11.3 Å². The van der Waals surface area contributed by atoms with Crippen molar-refractivity contribution in [1.29, 1.82) is 0 Å². The molecule has 0 aliphatic heterocycles. The summed E-state index contributed by atoms with van der Waals surface area (Å²) in [5, 5.41) is 15.7. The normalized spacial score (nSPS) is 10.7. The van der Waals surface area contributed by atoms with Gasteiger partial charge in [-0.1, -0.05) is 6.07 Å². The Labute approximate surface area is 164 Å². The van der Waals surface area contributed by atoms with Crippen molar-refractivity contribution in [2.45, 2.75) is 27.3 Å². The fraction of sp³-hybridized carbons (Fsp3) is 0.211. The number of aryl methyl sites for hydroxylation is 3. The van der Waals surface area contributed by atoms with Gasteiger partial charge >= 0.3 is 0 Å². The molecule has 0 atom stereocenters. The van der Waals surface area contributed by atoms with Gasteiger partial charge in [0.15, 0.2) is 5.13 Å². The summed E-state index contributed by atoms with van der Waals surface area (Å²) in [6, 6.07) is 6.33. The lowest BCUT2D eigenvalue weighted by molar-refractivity contribution is -0.385. The van der Waals surface area contributed by atoms with Gasteiger partial charge in [-0.05, 0) is 43.5 Å². The second-order valence-corrected chi connectivity index (χ2v) is 7.31. The first-order chi connectivity index (χ1) is 13.2. The fourth-order valence-electron chi connectivity index (χ4n) is 2.76. The first kappa shape index (κ1) is 19.4. The van der Waals surface area contributed by atoms with Gasteiger partial charge in [0.2, 0.25) is 5.91 Å². The summed E-state index contributed by atoms with van der Waals surface area (Å²) in [7, 11) is 0. The van der Waals surface area contributed by atoms with Crippen molar-refractivity contribution < 1.29 is 9.72 Å². The number of nitro groups is 1. The highest BCUT2D eigenvalue weighted by molar-refractivity contribution is 7.14. The van der Waals surface area contributed by atoms with Gasteiger partial charge in [-0.3, -0.25) is 24.3 Å². The zero-order valence-corrected chi connectivity index (χ0v) is 16.4. The van der Waals surface area contributed by atoms with Crippen LogP contribution >= 0.6 is 11.3 Å². The molecule has 0 spiro atoms. The molecule has 0 radical (unpaired) electrons. The Balaban J connectivity index is 1.76. The molecular formula is C19H18N4O4S. The molecule has 0 bridgehead atoms. The van der Waals surface area contributed by atoms with Crippen molar-refractivity contribution in [3.8, 4) is 11.3 Å². The number of nitrogens with one attached hydrogen (secondary N) is 1. The van der Waals surface area contributed by atoms with Crippen molar-refractivity contribution in [2.24, 2.45) is 0 Å². The number of rotatable bonds is 5. The maximum Gasteiger partial charge on any atom is 0.285 e. The van der Waals surface area contributed by atoms with Crippen molar-refractivity contribution in [1.82, 2.24) is 9.55 Å². The van der Waals surface area contributed by atoms with Gasteiger partial charge in [-0.2, -0.15) is 0 Å². The quantitative estimate of drug-likeness (QED) is 0.523. The Morgan fingerprint density at radius 3 is 2.64 bits per heavy atom. The van der Waals surface area contributed by atoms with Crippen LogP contribution in [0.4, 0.5) is 10.8 Å². The average Bonchev–Trinajstić information content (AvgIpc) is 3.07. The summed E-state index contributed by atoms with van der Waals surface area (Å²) >= 11 is 1.28. The molecule has 0 fully saturated rings. The Morgan fingerprint density at radius 1 is 1.21 bits per heavy atom. The van der Waals surface area contributed by atoms with Crippen LogP contribution in [0.1, 0.15) is 16.7 Å². The predicted octanol–water partition coefficient (Wildman–Crippen LogP) is 3.44. The number of hydrogen-bond donors (Lipinski definition) is 1. The van der Waals surface area contributed by atoms with E-state index < -0.39 is 16.4 Å². The Morgan fingerprint density at radius 2 is 1.93 bits per heavy atom. The zero-order chi connectivity index (χ0) is 20.4. The maximum absolute atomic E-state index is 12.3. The lowest BCUT2D eigenvalue weighted by atomic mass is 9.99. The van der Waals surface area contributed by atoms with Crippen LogP contribution in [0.3, 0.4) is 0 Å². The van der Waals surface area contributed by atoms with Crippen LogP contribution in [0.5, 0.6) is 0 Å². The summed E-state index contributed by atoms with van der Waals surface area (Å²) in [6.07, 6.45) is 1.05. The summed E-state index contributed by atoms with van der Waals surface area (Å²) in [5.41, 5.74) is 4.45. The number of anilines is 1. The Hall–Kier alpha value is -3.33. The van der Waals surface area contributed by atoms with E-state index in [1.807, 2.05) is 19.2 Å². The second-order valence-electron chi connectivity index (χ2n) is 6.45. The fourth-order valence-corrected chi connectivity index (χ4v) is 3.48. The predicted molar refractivity (Wildman–Crippen MR) is 108 cm³/mol. The standard InChI is InChI=1S/C19H18N4O4S/c1-11-6-13(3)15(7-12(11)2)16-10-28-19(20-16)21-17(24)9-22-8-14(23(26)27)4-5-18(22)25/h4-8,10H,9H2,1-3H3,(H,20,21,24). The minimum absolute atomic E-state index is 0.255. The number of aromatic nitrogens is 2. The summed E-state index contributed by atoms with van der Waals surface area (Å²) < 4.78 is 0.996.